The number of hydrogen-bond donors (Lipinski definition) is 1. The number of ether oxygens (including phenoxy) is 1. The highest BCUT2D eigenvalue weighted by Crippen LogP contribution is 2.11. The number of halogens is 1. The van der Waals surface area contributed by atoms with Gasteiger partial charge in [-0.2, -0.15) is 0 Å². The molecule has 3 nitrogen and oxygen atoms in total. The molecule has 2 aromatic carbocycles. The Labute approximate surface area is 132 Å². The molecule has 0 aliphatic heterocycles. The maximum absolute atomic E-state index is 12.1. The highest BCUT2D eigenvalue weighted by atomic mass is 127. The van der Waals surface area contributed by atoms with Crippen LogP contribution in [0.3, 0.4) is 0 Å². The standard InChI is InChI=1S/C16H16INO2/c1-20-11-13-8-6-12(7-9-13)10-18-16(19)14-4-2-3-5-15(14)17/h2-9H,10-11H2,1H3,(H,18,19). The monoisotopic (exact) mass is 381 g/mol. The van der Waals surface area contributed by atoms with Gasteiger partial charge in [0.2, 0.25) is 0 Å². The van der Waals surface area contributed by atoms with Crippen molar-refractivity contribution >= 4 is 28.5 Å². The van der Waals surface area contributed by atoms with Crippen LogP contribution < -0.4 is 5.32 Å². The molecular formula is C16H16INO2. The molecule has 2 aromatic rings. The van der Waals surface area contributed by atoms with Gasteiger partial charge in [-0.1, -0.05) is 36.4 Å². The lowest BCUT2D eigenvalue weighted by Gasteiger charge is -2.07. The lowest BCUT2D eigenvalue weighted by Crippen LogP contribution is -2.23. The topological polar surface area (TPSA) is 38.3 Å². The van der Waals surface area contributed by atoms with Crippen molar-refractivity contribution < 1.29 is 9.53 Å². The average molecular weight is 381 g/mol. The Hall–Kier alpha value is -1.40. The third-order valence-corrected chi connectivity index (χ3v) is 3.85. The van der Waals surface area contributed by atoms with Gasteiger partial charge in [0.15, 0.2) is 0 Å². The highest BCUT2D eigenvalue weighted by molar-refractivity contribution is 14.1. The van der Waals surface area contributed by atoms with E-state index in [2.05, 4.69) is 27.9 Å². The number of carbonyl (C=O) groups is 1. The second-order valence-corrected chi connectivity index (χ2v) is 5.57. The van der Waals surface area contributed by atoms with Crippen molar-refractivity contribution in [1.82, 2.24) is 5.32 Å². The molecule has 0 aromatic heterocycles. The lowest BCUT2D eigenvalue weighted by atomic mass is 10.1. The number of methoxy groups -OCH3 is 1. The maximum Gasteiger partial charge on any atom is 0.252 e. The van der Waals surface area contributed by atoms with Gasteiger partial charge < -0.3 is 10.1 Å². The third kappa shape index (κ3) is 4.05. The smallest absolute Gasteiger partial charge is 0.252 e. The summed E-state index contributed by atoms with van der Waals surface area (Å²) in [5.74, 6) is -0.0454. The molecule has 0 atom stereocenters. The van der Waals surface area contributed by atoms with Crippen molar-refractivity contribution in [3.8, 4) is 0 Å². The maximum atomic E-state index is 12.1. The molecule has 0 saturated carbocycles. The zero-order valence-corrected chi connectivity index (χ0v) is 13.4. The zero-order chi connectivity index (χ0) is 14.4. The predicted octanol–water partition coefficient (Wildman–Crippen LogP) is 3.37. The summed E-state index contributed by atoms with van der Waals surface area (Å²) in [6, 6.07) is 15.6. The molecule has 0 heterocycles. The van der Waals surface area contributed by atoms with E-state index in [1.54, 1.807) is 7.11 Å². The largest absolute Gasteiger partial charge is 0.380 e. The van der Waals surface area contributed by atoms with Crippen LogP contribution in [0, 0.1) is 3.57 Å². The minimum Gasteiger partial charge on any atom is -0.380 e. The summed E-state index contributed by atoms with van der Waals surface area (Å²) < 4.78 is 6.02. The Morgan fingerprint density at radius 2 is 1.75 bits per heavy atom. The summed E-state index contributed by atoms with van der Waals surface area (Å²) >= 11 is 2.17. The quantitative estimate of drug-likeness (QED) is 0.807. The minimum absolute atomic E-state index is 0.0454. The molecule has 0 fully saturated rings. The Morgan fingerprint density at radius 1 is 1.10 bits per heavy atom. The first-order chi connectivity index (χ1) is 9.70. The van der Waals surface area contributed by atoms with Gasteiger partial charge in [0.1, 0.15) is 0 Å². The fraction of sp³-hybridized carbons (Fsp3) is 0.188. The summed E-state index contributed by atoms with van der Waals surface area (Å²) in [5, 5.41) is 2.93. The Balaban J connectivity index is 1.95. The van der Waals surface area contributed by atoms with Crippen LogP contribution in [0.2, 0.25) is 0 Å². The van der Waals surface area contributed by atoms with Gasteiger partial charge in [0.25, 0.3) is 5.91 Å². The average Bonchev–Trinajstić information content (AvgIpc) is 2.47. The molecule has 4 heteroatoms. The fourth-order valence-corrected chi connectivity index (χ4v) is 2.48. The number of nitrogens with one attached hydrogen (secondary N) is 1. The van der Waals surface area contributed by atoms with Gasteiger partial charge >= 0.3 is 0 Å². The second-order valence-electron chi connectivity index (χ2n) is 4.41. The first-order valence-electron chi connectivity index (χ1n) is 6.30. The molecule has 1 N–H and O–H groups in total. The van der Waals surface area contributed by atoms with Crippen molar-refractivity contribution in [3.63, 3.8) is 0 Å². The molecule has 0 aliphatic carbocycles. The van der Waals surface area contributed by atoms with Gasteiger partial charge in [0, 0.05) is 17.2 Å². The molecule has 0 radical (unpaired) electrons. The van der Waals surface area contributed by atoms with Crippen molar-refractivity contribution in [2.24, 2.45) is 0 Å². The first-order valence-corrected chi connectivity index (χ1v) is 7.38. The molecule has 20 heavy (non-hydrogen) atoms. The van der Waals surface area contributed by atoms with Crippen molar-refractivity contribution in [3.05, 3.63) is 68.8 Å². The van der Waals surface area contributed by atoms with E-state index in [1.165, 1.54) is 0 Å². The van der Waals surface area contributed by atoms with Crippen LogP contribution in [0.1, 0.15) is 21.5 Å². The van der Waals surface area contributed by atoms with Gasteiger partial charge in [-0.05, 0) is 45.9 Å². The van der Waals surface area contributed by atoms with E-state index in [4.69, 9.17) is 4.74 Å². The Morgan fingerprint density at radius 3 is 2.40 bits per heavy atom. The molecule has 0 saturated heterocycles. The van der Waals surface area contributed by atoms with Gasteiger partial charge in [0.05, 0.1) is 12.2 Å². The van der Waals surface area contributed by atoms with Gasteiger partial charge in [-0.25, -0.2) is 0 Å². The SMILES string of the molecule is COCc1ccc(CNC(=O)c2ccccc2I)cc1. The van der Waals surface area contributed by atoms with Crippen LogP contribution in [0.4, 0.5) is 0 Å². The van der Waals surface area contributed by atoms with Crippen molar-refractivity contribution in [1.29, 1.82) is 0 Å². The highest BCUT2D eigenvalue weighted by Gasteiger charge is 2.08. The molecule has 0 aliphatic rings. The summed E-state index contributed by atoms with van der Waals surface area (Å²) in [4.78, 5) is 12.1. The van der Waals surface area contributed by atoms with Crippen LogP contribution in [-0.4, -0.2) is 13.0 Å². The summed E-state index contributed by atoms with van der Waals surface area (Å²) in [7, 11) is 1.68. The second kappa shape index (κ2) is 7.40. The molecular weight excluding hydrogens is 365 g/mol. The van der Waals surface area contributed by atoms with Crippen LogP contribution in [0.25, 0.3) is 0 Å². The van der Waals surface area contributed by atoms with E-state index >= 15 is 0 Å². The molecule has 0 spiro atoms. The van der Waals surface area contributed by atoms with Crippen LogP contribution >= 0.6 is 22.6 Å². The number of amides is 1. The third-order valence-electron chi connectivity index (χ3n) is 2.91. The van der Waals surface area contributed by atoms with E-state index in [0.717, 1.165) is 14.7 Å². The molecule has 104 valence electrons. The van der Waals surface area contributed by atoms with E-state index in [-0.39, 0.29) is 5.91 Å². The van der Waals surface area contributed by atoms with Gasteiger partial charge in [-0.3, -0.25) is 4.79 Å². The first kappa shape index (κ1) is 15.0. The number of hydrogen-bond acceptors (Lipinski definition) is 2. The van der Waals surface area contributed by atoms with Crippen molar-refractivity contribution in [2.75, 3.05) is 7.11 Å². The lowest BCUT2D eigenvalue weighted by molar-refractivity contribution is 0.0950. The van der Waals surface area contributed by atoms with Crippen molar-refractivity contribution in [2.45, 2.75) is 13.2 Å². The minimum atomic E-state index is -0.0454. The predicted molar refractivity (Wildman–Crippen MR) is 87.5 cm³/mol. The van der Waals surface area contributed by atoms with Crippen LogP contribution in [0.5, 0.6) is 0 Å². The van der Waals surface area contributed by atoms with E-state index < -0.39 is 0 Å². The normalized spacial score (nSPS) is 10.3. The number of benzene rings is 2. The van der Waals surface area contributed by atoms with E-state index in [0.29, 0.717) is 18.7 Å². The summed E-state index contributed by atoms with van der Waals surface area (Å²) in [6.07, 6.45) is 0. The number of rotatable bonds is 5. The molecule has 0 unspecified atom stereocenters. The van der Waals surface area contributed by atoms with E-state index in [1.807, 2.05) is 48.5 Å². The number of carbonyl (C=O) groups excluding carboxylic acids is 1. The zero-order valence-electron chi connectivity index (χ0n) is 11.2. The fourth-order valence-electron chi connectivity index (χ4n) is 1.84. The molecule has 0 bridgehead atoms. The molecule has 2 rings (SSSR count). The Bertz CT molecular complexity index is 581. The van der Waals surface area contributed by atoms with Crippen LogP contribution in [-0.2, 0) is 17.9 Å². The molecule has 1 amide bonds. The van der Waals surface area contributed by atoms with Gasteiger partial charge in [-0.15, -0.1) is 0 Å². The summed E-state index contributed by atoms with van der Waals surface area (Å²) in [5.41, 5.74) is 2.91. The van der Waals surface area contributed by atoms with Crippen LogP contribution in [0.15, 0.2) is 48.5 Å². The Kier molecular flexibility index (Phi) is 5.55. The summed E-state index contributed by atoms with van der Waals surface area (Å²) in [6.45, 7) is 1.13. The van der Waals surface area contributed by atoms with E-state index in [9.17, 15) is 4.79 Å².